The van der Waals surface area contributed by atoms with Gasteiger partial charge in [-0.15, -0.1) is 0 Å². The van der Waals surface area contributed by atoms with Gasteiger partial charge >= 0.3 is 0 Å². The Labute approximate surface area is 162 Å². The van der Waals surface area contributed by atoms with Crippen molar-refractivity contribution in [3.63, 3.8) is 0 Å². The number of hydrogen-bond acceptors (Lipinski definition) is 7. The summed E-state index contributed by atoms with van der Waals surface area (Å²) in [5.74, 6) is -2.68. The average Bonchev–Trinajstić information content (AvgIpc) is 2.66. The van der Waals surface area contributed by atoms with Crippen LogP contribution in [0.3, 0.4) is 0 Å². The fourth-order valence-electron chi connectivity index (χ4n) is 2.57. The number of nitrogens with zero attached hydrogens (tertiary/aromatic N) is 2. The summed E-state index contributed by atoms with van der Waals surface area (Å²) in [5, 5.41) is 23.5. The van der Waals surface area contributed by atoms with Gasteiger partial charge in [-0.3, -0.25) is 0 Å². The smallest absolute Gasteiger partial charge is 0.287 e. The summed E-state index contributed by atoms with van der Waals surface area (Å²) in [4.78, 5) is 7.85. The summed E-state index contributed by atoms with van der Waals surface area (Å²) in [6.07, 6.45) is 1.41. The fraction of sp³-hybridized carbons (Fsp3) is 0.474. The first-order chi connectivity index (χ1) is 13.3. The first-order valence-corrected chi connectivity index (χ1v) is 8.80. The van der Waals surface area contributed by atoms with Gasteiger partial charge in [-0.25, -0.2) is 9.98 Å². The number of aliphatic hydroxyl groups excluding tert-OH is 2. The maximum Gasteiger partial charge on any atom is 0.287 e. The Bertz CT molecular complexity index is 721. The molecule has 0 unspecified atom stereocenters. The lowest BCUT2D eigenvalue weighted by Crippen LogP contribution is -2.57. The van der Waals surface area contributed by atoms with Gasteiger partial charge in [0.2, 0.25) is 5.90 Å². The van der Waals surface area contributed by atoms with Gasteiger partial charge in [0.15, 0.2) is 0 Å². The van der Waals surface area contributed by atoms with Crippen LogP contribution in [0.1, 0.15) is 19.5 Å². The zero-order valence-electron chi connectivity index (χ0n) is 15.8. The van der Waals surface area contributed by atoms with Crippen LogP contribution in [-0.2, 0) is 15.4 Å². The van der Waals surface area contributed by atoms with Gasteiger partial charge in [0.1, 0.15) is 36.4 Å². The predicted octanol–water partition coefficient (Wildman–Crippen LogP) is 2.23. The molecule has 1 aliphatic heterocycles. The zero-order valence-corrected chi connectivity index (χ0v) is 15.8. The van der Waals surface area contributed by atoms with E-state index in [1.807, 2.05) is 0 Å². The van der Waals surface area contributed by atoms with E-state index in [4.69, 9.17) is 9.47 Å². The van der Waals surface area contributed by atoms with Gasteiger partial charge in [0.25, 0.3) is 5.92 Å². The molecule has 0 aromatic carbocycles. The third kappa shape index (κ3) is 5.82. The van der Waals surface area contributed by atoms with Gasteiger partial charge in [0, 0.05) is 13.1 Å². The molecular weight excluding hydrogens is 372 g/mol. The molecule has 1 aliphatic rings. The van der Waals surface area contributed by atoms with E-state index < -0.39 is 36.0 Å². The van der Waals surface area contributed by atoms with Crippen LogP contribution in [0.25, 0.3) is 0 Å². The number of pyridine rings is 1. The van der Waals surface area contributed by atoms with Crippen LogP contribution in [-0.4, -0.2) is 58.7 Å². The van der Waals surface area contributed by atoms with Gasteiger partial charge < -0.3 is 25.0 Å². The van der Waals surface area contributed by atoms with Crippen molar-refractivity contribution in [3.05, 3.63) is 48.8 Å². The number of alkyl halides is 2. The number of nitrogens with one attached hydrogen (secondary N) is 1. The van der Waals surface area contributed by atoms with Crippen molar-refractivity contribution >= 4 is 11.7 Å². The minimum Gasteiger partial charge on any atom is -0.475 e. The average molecular weight is 397 g/mol. The summed E-state index contributed by atoms with van der Waals surface area (Å²) in [6, 6.07) is 3.42. The second-order valence-electron chi connectivity index (χ2n) is 6.37. The molecule has 0 amide bonds. The molecule has 28 heavy (non-hydrogen) atoms. The summed E-state index contributed by atoms with van der Waals surface area (Å²) in [7, 11) is 0. The largest absolute Gasteiger partial charge is 0.475 e. The molecule has 1 aromatic rings. The Kier molecular flexibility index (Phi) is 7.61. The standard InChI is InChI=1S/C19H25F2N3O4/c1-4-9-22-16(5-2)28-11-13-18(26)17(25)12(10-27-13)23-15-8-6-7-14(24-15)19(3,20)21/h4-9,12-13,17-18,25-26H,2,10-11H2,1,3H3,(H,23,24)/b9-4-,22-16?/t12-,13+,17+,18-/m0/s1. The number of ether oxygens (including phenoxy) is 2. The number of rotatable bonds is 7. The lowest BCUT2D eigenvalue weighted by molar-refractivity contribution is -0.151. The molecule has 1 saturated heterocycles. The van der Waals surface area contributed by atoms with E-state index in [2.05, 4.69) is 21.9 Å². The zero-order chi connectivity index (χ0) is 20.7. The SMILES string of the molecule is C=CC(=N/C=C\C)OC[C@H]1OC[C@H](Nc2cccc(C(C)(F)F)n2)[C@@H](O)[C@H]1O. The lowest BCUT2D eigenvalue weighted by atomic mass is 9.98. The molecule has 9 heteroatoms. The second kappa shape index (κ2) is 9.72. The first-order valence-electron chi connectivity index (χ1n) is 8.80. The molecular formula is C19H25F2N3O4. The van der Waals surface area contributed by atoms with Crippen LogP contribution in [0.5, 0.6) is 0 Å². The number of aromatic nitrogens is 1. The van der Waals surface area contributed by atoms with Crippen LogP contribution >= 0.6 is 0 Å². The molecule has 1 aromatic heterocycles. The molecule has 4 atom stereocenters. The van der Waals surface area contributed by atoms with E-state index in [0.717, 1.165) is 6.92 Å². The maximum atomic E-state index is 13.4. The summed E-state index contributed by atoms with van der Waals surface area (Å²) in [6.45, 7) is 6.12. The number of hydrogen-bond donors (Lipinski definition) is 3. The van der Waals surface area contributed by atoms with E-state index in [-0.39, 0.29) is 24.9 Å². The van der Waals surface area contributed by atoms with Crippen molar-refractivity contribution in [3.8, 4) is 0 Å². The number of halogens is 2. The van der Waals surface area contributed by atoms with E-state index in [1.54, 1.807) is 13.0 Å². The van der Waals surface area contributed by atoms with Gasteiger partial charge in [-0.1, -0.05) is 18.7 Å². The first kappa shape index (κ1) is 21.9. The number of allylic oxidation sites excluding steroid dienone is 1. The molecule has 0 aliphatic carbocycles. The summed E-state index contributed by atoms with van der Waals surface area (Å²) >= 11 is 0. The van der Waals surface area contributed by atoms with Crippen LogP contribution < -0.4 is 5.32 Å². The quantitative estimate of drug-likeness (QED) is 0.482. The number of aliphatic imine (C=N–C) groups is 1. The maximum absolute atomic E-state index is 13.4. The van der Waals surface area contributed by atoms with Crippen molar-refractivity contribution in [2.24, 2.45) is 4.99 Å². The number of aliphatic hydroxyl groups is 2. The second-order valence-corrected chi connectivity index (χ2v) is 6.37. The third-order valence-corrected chi connectivity index (χ3v) is 4.09. The third-order valence-electron chi connectivity index (χ3n) is 4.09. The molecule has 2 heterocycles. The fourth-order valence-corrected chi connectivity index (χ4v) is 2.57. The summed E-state index contributed by atoms with van der Waals surface area (Å²) < 4.78 is 37.8. The number of anilines is 1. The molecule has 0 saturated carbocycles. The van der Waals surface area contributed by atoms with E-state index in [0.29, 0.717) is 0 Å². The molecule has 0 spiro atoms. The normalized spacial score (nSPS) is 26.3. The Hall–Kier alpha value is -2.36. The molecule has 154 valence electrons. The van der Waals surface area contributed by atoms with Crippen molar-refractivity contribution < 1.29 is 28.5 Å². The van der Waals surface area contributed by atoms with Gasteiger partial charge in [0.05, 0.1) is 12.6 Å². The molecule has 0 radical (unpaired) electrons. The van der Waals surface area contributed by atoms with Crippen LogP contribution in [0.2, 0.25) is 0 Å². The van der Waals surface area contributed by atoms with E-state index >= 15 is 0 Å². The highest BCUT2D eigenvalue weighted by molar-refractivity contribution is 5.87. The highest BCUT2D eigenvalue weighted by atomic mass is 19.3. The highest BCUT2D eigenvalue weighted by Crippen LogP contribution is 2.26. The van der Waals surface area contributed by atoms with Crippen LogP contribution in [0.15, 0.2) is 48.1 Å². The molecule has 2 rings (SSSR count). The van der Waals surface area contributed by atoms with Crippen molar-refractivity contribution in [1.82, 2.24) is 4.98 Å². The Morgan fingerprint density at radius 2 is 2.21 bits per heavy atom. The van der Waals surface area contributed by atoms with Crippen molar-refractivity contribution in [2.45, 2.75) is 44.1 Å². The Morgan fingerprint density at radius 1 is 1.46 bits per heavy atom. The Morgan fingerprint density at radius 3 is 2.86 bits per heavy atom. The Balaban J connectivity index is 1.97. The van der Waals surface area contributed by atoms with Crippen molar-refractivity contribution in [2.75, 3.05) is 18.5 Å². The molecule has 7 nitrogen and oxygen atoms in total. The lowest BCUT2D eigenvalue weighted by Gasteiger charge is -2.37. The minimum absolute atomic E-state index is 0.0239. The van der Waals surface area contributed by atoms with Gasteiger partial charge in [-0.05, 0) is 25.1 Å². The summed E-state index contributed by atoms with van der Waals surface area (Å²) in [5.41, 5.74) is -0.395. The predicted molar refractivity (Wildman–Crippen MR) is 101 cm³/mol. The van der Waals surface area contributed by atoms with Crippen molar-refractivity contribution in [1.29, 1.82) is 0 Å². The van der Waals surface area contributed by atoms with Crippen LogP contribution in [0, 0.1) is 0 Å². The molecule has 3 N–H and O–H groups in total. The van der Waals surface area contributed by atoms with Gasteiger partial charge in [-0.2, -0.15) is 8.78 Å². The molecule has 1 fully saturated rings. The van der Waals surface area contributed by atoms with Crippen LogP contribution in [0.4, 0.5) is 14.6 Å². The minimum atomic E-state index is -3.08. The van der Waals surface area contributed by atoms with E-state index in [1.165, 1.54) is 30.5 Å². The van der Waals surface area contributed by atoms with E-state index in [9.17, 15) is 19.0 Å². The topological polar surface area (TPSA) is 96.2 Å². The monoisotopic (exact) mass is 397 g/mol. The highest BCUT2D eigenvalue weighted by Gasteiger charge is 2.39. The molecule has 0 bridgehead atoms.